The van der Waals surface area contributed by atoms with Crippen molar-refractivity contribution in [2.75, 3.05) is 0 Å². The number of halogens is 2. The molecule has 0 saturated carbocycles. The van der Waals surface area contributed by atoms with Crippen molar-refractivity contribution in [3.05, 3.63) is 146 Å². The van der Waals surface area contributed by atoms with Crippen LogP contribution in [0.3, 0.4) is 0 Å². The van der Waals surface area contributed by atoms with Gasteiger partial charge in [0.15, 0.2) is 0 Å². The predicted molar refractivity (Wildman–Crippen MR) is 296 cm³/mol. The van der Waals surface area contributed by atoms with E-state index in [4.69, 9.17) is 0 Å². The van der Waals surface area contributed by atoms with Crippen LogP contribution in [0.15, 0.2) is 146 Å². The number of fused-ring (bicyclic) bond motifs is 4. The molecule has 8 heteroatoms. The fourth-order valence-electron chi connectivity index (χ4n) is 8.36. The van der Waals surface area contributed by atoms with Gasteiger partial charge in [-0.15, -0.1) is 119 Å². The molecule has 66 heavy (non-hydrogen) atoms. The fourth-order valence-corrected chi connectivity index (χ4v) is 17.1. The molecule has 0 aliphatic rings. The van der Waals surface area contributed by atoms with Gasteiger partial charge < -0.3 is 24.8 Å². The van der Waals surface area contributed by atoms with Crippen molar-refractivity contribution in [2.45, 2.75) is 131 Å². The van der Waals surface area contributed by atoms with Crippen molar-refractivity contribution in [2.24, 2.45) is 0 Å². The molecule has 8 aromatic carbocycles. The summed E-state index contributed by atoms with van der Waals surface area (Å²) in [6.07, 6.45) is 0. The van der Waals surface area contributed by atoms with Gasteiger partial charge in [-0.2, -0.15) is 66.6 Å². The van der Waals surface area contributed by atoms with Gasteiger partial charge in [0.25, 0.3) is 0 Å². The Morgan fingerprint density at radius 2 is 0.485 bits per heavy atom. The number of benzene rings is 4. The van der Waals surface area contributed by atoms with Gasteiger partial charge in [0.05, 0.1) is 0 Å². The molecular weight excluding hydrogens is 1060 g/mol. The summed E-state index contributed by atoms with van der Waals surface area (Å²) in [5.74, 6) is 0. The van der Waals surface area contributed by atoms with Crippen molar-refractivity contribution in [3.63, 3.8) is 0 Å². The Morgan fingerprint density at radius 1 is 0.333 bits per heavy atom. The first-order valence-electron chi connectivity index (χ1n) is 23.9. The molecule has 0 atom stereocenters. The average Bonchev–Trinajstić information content (AvgIpc) is 4.13. The molecular formula is C58H76Cl2Si4Zr2-2. The summed E-state index contributed by atoms with van der Waals surface area (Å²) in [7, 11) is -1.13. The van der Waals surface area contributed by atoms with E-state index in [-0.39, 0.29) is 60.0 Å². The maximum atomic E-state index is 2.34. The summed E-state index contributed by atoms with van der Waals surface area (Å²) in [4.78, 5) is 0. The summed E-state index contributed by atoms with van der Waals surface area (Å²) in [5, 5.41) is 18.1. The quantitative estimate of drug-likeness (QED) is 0.0850. The molecule has 0 amide bonds. The number of hydrogen-bond acceptors (Lipinski definition) is 0. The Morgan fingerprint density at radius 3 is 0.636 bits per heavy atom. The normalized spacial score (nSPS) is 10.5. The Labute approximate surface area is 451 Å². The first-order valence-corrected chi connectivity index (χ1v) is 34.1. The molecule has 0 nitrogen and oxygen atoms in total. The minimum Gasteiger partial charge on any atom is -1.00 e. The SMILES string of the molecule is CC[Si](CC)c1c[cH-]c2ccccc12.CC[Si](CC)c1c[cH-]c2ccccc12.CC[Si](CC)c1c[cH-]c2ccccc12.CC[Si](CC)c1c[cH-]c2ccccc12.C[C](C)=[Zr+2].C[C](C)=[Zr+2].[Cl-].[Cl-]. The van der Waals surface area contributed by atoms with Gasteiger partial charge in [-0.25, -0.2) is 0 Å². The number of hydrogen-bond donors (Lipinski definition) is 0. The molecule has 0 aliphatic heterocycles. The molecule has 8 aromatic rings. The third-order valence-corrected chi connectivity index (χ3v) is 23.3. The molecule has 0 heterocycles. The molecule has 0 spiro atoms. The van der Waals surface area contributed by atoms with Crippen LogP contribution in [0.1, 0.15) is 83.1 Å². The summed E-state index contributed by atoms with van der Waals surface area (Å²) in [6.45, 7) is 27.0. The van der Waals surface area contributed by atoms with E-state index in [1.807, 2.05) is 0 Å². The van der Waals surface area contributed by atoms with E-state index >= 15 is 0 Å². The van der Waals surface area contributed by atoms with Crippen LogP contribution >= 0.6 is 0 Å². The number of rotatable bonds is 12. The molecule has 348 valence electrons. The van der Waals surface area contributed by atoms with Crippen LogP contribution in [0.5, 0.6) is 0 Å². The third kappa shape index (κ3) is 19.2. The van der Waals surface area contributed by atoms with Crippen molar-refractivity contribution < 1.29 is 73.3 Å². The van der Waals surface area contributed by atoms with E-state index in [0.717, 1.165) is 0 Å². The summed E-state index contributed by atoms with van der Waals surface area (Å²) in [6, 6.07) is 64.1. The summed E-state index contributed by atoms with van der Waals surface area (Å²) < 4.78 is 3.01. The van der Waals surface area contributed by atoms with E-state index in [9.17, 15) is 0 Å². The Bertz CT molecular complexity index is 2180. The Hall–Kier alpha value is -1.73. The second-order valence-corrected chi connectivity index (χ2v) is 34.1. The molecule has 8 rings (SSSR count). The smallest absolute Gasteiger partial charge is 1.00 e. The molecule has 0 aliphatic carbocycles. The molecule has 0 N–H and O–H groups in total. The van der Waals surface area contributed by atoms with E-state index < -0.39 is 0 Å². The van der Waals surface area contributed by atoms with Gasteiger partial charge in [-0.05, 0) is 0 Å². The van der Waals surface area contributed by atoms with E-state index in [1.54, 1.807) is 69.2 Å². The first kappa shape index (κ1) is 62.3. The van der Waals surface area contributed by atoms with E-state index in [1.165, 1.54) is 97.9 Å². The fraction of sp³-hybridized carbons (Fsp3) is 0.345. The van der Waals surface area contributed by atoms with E-state index in [0.29, 0.717) is 0 Å². The monoisotopic (exact) mass is 1130 g/mol. The summed E-state index contributed by atoms with van der Waals surface area (Å²) in [5.41, 5.74) is 0. The topological polar surface area (TPSA) is 0 Å². The minimum atomic E-state index is -0.283. The van der Waals surface area contributed by atoms with Gasteiger partial charge in [-0.3, -0.25) is 0 Å². The van der Waals surface area contributed by atoms with Crippen LogP contribution in [0.4, 0.5) is 0 Å². The minimum absolute atomic E-state index is 0. The molecule has 0 aromatic heterocycles. The maximum absolute atomic E-state index is 2.34. The molecule has 4 radical (unpaired) electrons. The Kier molecular flexibility index (Phi) is 32.6. The van der Waals surface area contributed by atoms with Crippen LogP contribution in [0, 0.1) is 0 Å². The van der Waals surface area contributed by atoms with Crippen LogP contribution in [0.2, 0.25) is 48.4 Å². The standard InChI is InChI=1S/4C13H16Si.2C3H6.2ClH.2Zr/c4*1-3-14(4-2)13-10-9-11-7-5-6-8-12(11)13;2*1-3-2;;;;/h4*5-10H,3-4H2,1-2H3;2*1-2H3;2*1H;;/q4*-1;;;;;2*+2/p-2. The molecule has 0 unspecified atom stereocenters. The second-order valence-electron chi connectivity index (χ2n) is 16.6. The molecule has 0 bridgehead atoms. The molecule has 0 fully saturated rings. The largest absolute Gasteiger partial charge is 1.00 e. The Balaban J connectivity index is 0.000000413. The second kappa shape index (κ2) is 34.6. The van der Waals surface area contributed by atoms with E-state index in [2.05, 4.69) is 229 Å². The average molecular weight is 1140 g/mol. The summed E-state index contributed by atoms with van der Waals surface area (Å²) >= 11 is 3.11. The zero-order valence-electron chi connectivity index (χ0n) is 42.3. The van der Waals surface area contributed by atoms with Gasteiger partial charge in [0.1, 0.15) is 0 Å². The third-order valence-electron chi connectivity index (χ3n) is 11.7. The van der Waals surface area contributed by atoms with Crippen molar-refractivity contribution >= 4 is 105 Å². The van der Waals surface area contributed by atoms with Crippen LogP contribution in [0.25, 0.3) is 43.1 Å². The van der Waals surface area contributed by atoms with Gasteiger partial charge in [-0.1, -0.05) is 128 Å². The zero-order valence-corrected chi connectivity index (χ0v) is 52.7. The zero-order chi connectivity index (χ0) is 47.0. The van der Waals surface area contributed by atoms with Crippen LogP contribution in [-0.4, -0.2) is 41.6 Å². The maximum Gasteiger partial charge on any atom is -1.00 e. The molecule has 0 saturated heterocycles. The predicted octanol–water partition coefficient (Wildman–Crippen LogP) is 8.70. The van der Waals surface area contributed by atoms with Gasteiger partial charge >= 0.3 is 82.6 Å². The first-order chi connectivity index (χ1) is 30.9. The van der Waals surface area contributed by atoms with Crippen LogP contribution in [-0.2, 0) is 48.5 Å². The van der Waals surface area contributed by atoms with Gasteiger partial charge in [0.2, 0.25) is 0 Å². The van der Waals surface area contributed by atoms with Crippen molar-refractivity contribution in [3.8, 4) is 0 Å². The van der Waals surface area contributed by atoms with Crippen LogP contribution < -0.4 is 45.6 Å². The van der Waals surface area contributed by atoms with Crippen molar-refractivity contribution in [1.29, 1.82) is 0 Å². The van der Waals surface area contributed by atoms with Gasteiger partial charge in [0, 0.05) is 35.2 Å². The van der Waals surface area contributed by atoms with Crippen molar-refractivity contribution in [1.82, 2.24) is 0 Å².